The summed E-state index contributed by atoms with van der Waals surface area (Å²) in [7, 11) is -2.93. The van der Waals surface area contributed by atoms with E-state index in [1.807, 2.05) is 30.6 Å². The number of aromatic nitrogens is 3. The second kappa shape index (κ2) is 12.5. The summed E-state index contributed by atoms with van der Waals surface area (Å²) >= 11 is 0. The Bertz CT molecular complexity index is 2790. The number of hydrogen-bond donors (Lipinski definition) is 0. The van der Waals surface area contributed by atoms with E-state index in [2.05, 4.69) is 176 Å². The summed E-state index contributed by atoms with van der Waals surface area (Å²) in [6.07, 6.45) is 3.77. The summed E-state index contributed by atoms with van der Waals surface area (Å²) < 4.78 is 9.06. The van der Waals surface area contributed by atoms with Gasteiger partial charge in [0.25, 0.3) is 0 Å². The van der Waals surface area contributed by atoms with Gasteiger partial charge in [0, 0.05) is 51.0 Å². The van der Waals surface area contributed by atoms with Crippen molar-refractivity contribution < 1.29 is 4.74 Å². The van der Waals surface area contributed by atoms with Gasteiger partial charge in [0.05, 0.1) is 11.2 Å². The zero-order valence-electron chi connectivity index (χ0n) is 30.1. The minimum atomic E-state index is -2.93. The van der Waals surface area contributed by atoms with Gasteiger partial charge in [0.15, 0.2) is 8.07 Å². The largest absolute Gasteiger partial charge is 0.457 e. The minimum absolute atomic E-state index is 0.327. The molecule has 9 aromatic rings. The third-order valence-electron chi connectivity index (χ3n) is 11.3. The van der Waals surface area contributed by atoms with Crippen LogP contribution in [0.15, 0.2) is 188 Å². The van der Waals surface area contributed by atoms with E-state index in [9.17, 15) is 0 Å². The van der Waals surface area contributed by atoms with Gasteiger partial charge in [-0.25, -0.2) is 4.98 Å². The highest BCUT2D eigenvalue weighted by Gasteiger charge is 2.42. The summed E-state index contributed by atoms with van der Waals surface area (Å²) in [6.45, 7) is 4.63. The predicted molar refractivity (Wildman–Crippen MR) is 224 cm³/mol. The monoisotopic (exact) mass is 711 g/mol. The molecule has 0 saturated heterocycles. The van der Waals surface area contributed by atoms with Crippen molar-refractivity contribution in [2.24, 2.45) is 0 Å². The highest BCUT2D eigenvalue weighted by atomic mass is 28.3. The second-order valence-corrected chi connectivity index (χ2v) is 18.4. The summed E-state index contributed by atoms with van der Waals surface area (Å²) in [4.78, 5) is 9.83. The second-order valence-electron chi connectivity index (χ2n) is 14.6. The molecule has 6 aromatic carbocycles. The van der Waals surface area contributed by atoms with Crippen LogP contribution in [0.25, 0.3) is 38.9 Å². The van der Waals surface area contributed by atoms with Crippen LogP contribution in [0, 0.1) is 0 Å². The molecule has 0 bridgehead atoms. The van der Waals surface area contributed by atoms with Crippen LogP contribution >= 0.6 is 0 Å². The zero-order valence-corrected chi connectivity index (χ0v) is 31.1. The van der Waals surface area contributed by atoms with Crippen molar-refractivity contribution in [3.05, 3.63) is 199 Å². The van der Waals surface area contributed by atoms with Crippen LogP contribution in [0.2, 0.25) is 0 Å². The Morgan fingerprint density at radius 1 is 0.519 bits per heavy atom. The standard InChI is InChI=1S/C49H37N3OSi/c1-49(2)42-25-9-10-27-44(42)53-45-29-28-40-41-24-15-31-51-48(41)52(47(40)46(45)49)35-17-14-23-39(33-35)54(36-18-5-3-6-19-36,37-20-7-4-8-21-37)38-22-13-16-34(32-38)43-26-11-12-30-50-43/h3-33H,1-2H3. The molecule has 0 amide bonds. The maximum atomic E-state index is 6.68. The molecule has 0 radical (unpaired) electrons. The van der Waals surface area contributed by atoms with Gasteiger partial charge < -0.3 is 4.74 Å². The van der Waals surface area contributed by atoms with E-state index in [1.54, 1.807) is 0 Å². The average Bonchev–Trinajstić information content (AvgIpc) is 3.57. The van der Waals surface area contributed by atoms with Crippen LogP contribution in [0.4, 0.5) is 0 Å². The molecule has 1 aliphatic heterocycles. The Balaban J connectivity index is 1.29. The molecule has 54 heavy (non-hydrogen) atoms. The number of fused-ring (bicyclic) bond motifs is 6. The highest BCUT2D eigenvalue weighted by molar-refractivity contribution is 7.20. The van der Waals surface area contributed by atoms with E-state index in [4.69, 9.17) is 14.7 Å². The van der Waals surface area contributed by atoms with Crippen LogP contribution in [-0.2, 0) is 5.41 Å². The number of pyridine rings is 2. The molecule has 258 valence electrons. The number of ether oxygens (including phenoxy) is 1. The molecule has 0 atom stereocenters. The van der Waals surface area contributed by atoms with Crippen molar-refractivity contribution in [3.63, 3.8) is 0 Å². The molecule has 10 rings (SSSR count). The fraction of sp³-hybridized carbons (Fsp3) is 0.0612. The summed E-state index contributed by atoms with van der Waals surface area (Å²) in [6, 6.07) is 63.6. The highest BCUT2D eigenvalue weighted by Crippen LogP contribution is 2.51. The van der Waals surface area contributed by atoms with E-state index >= 15 is 0 Å². The Hall–Kier alpha value is -6.56. The Kier molecular flexibility index (Phi) is 7.46. The van der Waals surface area contributed by atoms with Crippen molar-refractivity contribution in [3.8, 4) is 28.4 Å². The maximum Gasteiger partial charge on any atom is 0.179 e. The molecular formula is C49H37N3OSi. The van der Waals surface area contributed by atoms with Crippen LogP contribution in [0.3, 0.4) is 0 Å². The Labute approximate surface area is 316 Å². The van der Waals surface area contributed by atoms with Gasteiger partial charge in [-0.1, -0.05) is 135 Å². The van der Waals surface area contributed by atoms with Gasteiger partial charge in [-0.3, -0.25) is 9.55 Å². The third-order valence-corrected chi connectivity index (χ3v) is 16.0. The van der Waals surface area contributed by atoms with E-state index in [-0.39, 0.29) is 5.41 Å². The van der Waals surface area contributed by atoms with Gasteiger partial charge in [-0.15, -0.1) is 0 Å². The van der Waals surface area contributed by atoms with Crippen molar-refractivity contribution >= 4 is 50.8 Å². The van der Waals surface area contributed by atoms with E-state index < -0.39 is 8.07 Å². The number of nitrogens with zero attached hydrogens (tertiary/aromatic N) is 3. The lowest BCUT2D eigenvalue weighted by Crippen LogP contribution is -2.74. The lowest BCUT2D eigenvalue weighted by Gasteiger charge is -2.36. The van der Waals surface area contributed by atoms with Crippen LogP contribution < -0.4 is 25.5 Å². The number of para-hydroxylation sites is 1. The first-order valence-corrected chi connectivity index (χ1v) is 20.5. The maximum absolute atomic E-state index is 6.68. The Morgan fingerprint density at radius 3 is 1.94 bits per heavy atom. The first-order chi connectivity index (χ1) is 26.5. The summed E-state index contributed by atoms with van der Waals surface area (Å²) in [5.74, 6) is 1.79. The normalized spacial score (nSPS) is 13.3. The average molecular weight is 712 g/mol. The summed E-state index contributed by atoms with van der Waals surface area (Å²) in [5, 5.41) is 7.49. The first kappa shape index (κ1) is 32.1. The van der Waals surface area contributed by atoms with Crippen molar-refractivity contribution in [1.29, 1.82) is 0 Å². The Morgan fingerprint density at radius 2 is 1.19 bits per heavy atom. The molecule has 1 aliphatic rings. The number of benzene rings is 6. The van der Waals surface area contributed by atoms with Gasteiger partial charge in [0.2, 0.25) is 0 Å². The quantitative estimate of drug-likeness (QED) is 0.128. The molecule has 0 N–H and O–H groups in total. The number of hydrogen-bond acceptors (Lipinski definition) is 3. The van der Waals surface area contributed by atoms with Crippen molar-refractivity contribution in [2.75, 3.05) is 0 Å². The van der Waals surface area contributed by atoms with E-state index in [0.29, 0.717) is 0 Å². The molecule has 0 aliphatic carbocycles. The molecule has 4 heterocycles. The molecule has 0 spiro atoms. The van der Waals surface area contributed by atoms with E-state index in [1.165, 1.54) is 31.9 Å². The lowest BCUT2D eigenvalue weighted by atomic mass is 9.75. The first-order valence-electron chi connectivity index (χ1n) is 18.5. The number of rotatable bonds is 6. The molecule has 5 heteroatoms. The van der Waals surface area contributed by atoms with Gasteiger partial charge >= 0.3 is 0 Å². The fourth-order valence-corrected chi connectivity index (χ4v) is 13.7. The van der Waals surface area contributed by atoms with Gasteiger partial charge in [-0.05, 0) is 75.3 Å². The van der Waals surface area contributed by atoms with Gasteiger partial charge in [0.1, 0.15) is 17.1 Å². The lowest BCUT2D eigenvalue weighted by molar-refractivity contribution is 0.420. The zero-order chi connectivity index (χ0) is 36.3. The van der Waals surface area contributed by atoms with Crippen molar-refractivity contribution in [2.45, 2.75) is 19.3 Å². The fourth-order valence-electron chi connectivity index (χ4n) is 8.88. The molecule has 0 fully saturated rings. The molecular weight excluding hydrogens is 675 g/mol. The third kappa shape index (κ3) is 4.82. The SMILES string of the molecule is CC1(C)c2ccccc2Oc2ccc3c4cccnc4n(-c4cccc([Si](c5ccccc5)(c5ccccc5)c5cccc(-c6ccccn6)c5)c4)c3c21. The summed E-state index contributed by atoms with van der Waals surface area (Å²) in [5.41, 5.74) is 7.21. The van der Waals surface area contributed by atoms with Crippen molar-refractivity contribution in [1.82, 2.24) is 14.5 Å². The smallest absolute Gasteiger partial charge is 0.179 e. The van der Waals surface area contributed by atoms with Crippen LogP contribution in [0.1, 0.15) is 25.0 Å². The predicted octanol–water partition coefficient (Wildman–Crippen LogP) is 9.05. The van der Waals surface area contributed by atoms with Crippen LogP contribution in [-0.4, -0.2) is 22.6 Å². The van der Waals surface area contributed by atoms with Crippen LogP contribution in [0.5, 0.6) is 11.5 Å². The van der Waals surface area contributed by atoms with E-state index in [0.717, 1.165) is 50.4 Å². The minimum Gasteiger partial charge on any atom is -0.457 e. The molecule has 3 aromatic heterocycles. The topological polar surface area (TPSA) is 39.9 Å². The van der Waals surface area contributed by atoms with Gasteiger partial charge in [-0.2, -0.15) is 0 Å². The molecule has 4 nitrogen and oxygen atoms in total. The molecule has 0 saturated carbocycles. The molecule has 0 unspecified atom stereocenters.